The first-order chi connectivity index (χ1) is 15.0. The van der Waals surface area contributed by atoms with Crippen LogP contribution in [-0.2, 0) is 0 Å². The van der Waals surface area contributed by atoms with E-state index in [0.29, 0.717) is 28.4 Å². The van der Waals surface area contributed by atoms with Crippen molar-refractivity contribution in [2.24, 2.45) is 5.92 Å². The Morgan fingerprint density at radius 1 is 0.581 bits per heavy atom. The number of ether oxygens (including phenoxy) is 3. The summed E-state index contributed by atoms with van der Waals surface area (Å²) in [5.41, 5.74) is 1.82. The van der Waals surface area contributed by atoms with Crippen molar-refractivity contribution in [3.8, 4) is 17.2 Å². The number of rotatable bonds is 9. The quantitative estimate of drug-likeness (QED) is 0.447. The Bertz CT molecular complexity index is 1020. The number of methoxy groups -OCH3 is 3. The third-order valence-electron chi connectivity index (χ3n) is 5.42. The highest BCUT2D eigenvalue weighted by atomic mass is 16.5. The fourth-order valence-corrected chi connectivity index (χ4v) is 3.58. The monoisotopic (exact) mass is 418 g/mol. The molecule has 0 aromatic heterocycles. The van der Waals surface area contributed by atoms with Crippen molar-refractivity contribution in [1.29, 1.82) is 0 Å². The molecule has 0 saturated carbocycles. The zero-order valence-electron chi connectivity index (χ0n) is 18.1. The van der Waals surface area contributed by atoms with E-state index in [2.05, 4.69) is 0 Å². The van der Waals surface area contributed by atoms with Gasteiger partial charge in [-0.15, -0.1) is 0 Å². The molecule has 3 aromatic carbocycles. The first kappa shape index (κ1) is 22.1. The van der Waals surface area contributed by atoms with Crippen molar-refractivity contribution in [3.63, 3.8) is 0 Å². The number of benzene rings is 3. The van der Waals surface area contributed by atoms with Crippen molar-refractivity contribution in [2.75, 3.05) is 21.3 Å². The van der Waals surface area contributed by atoms with Gasteiger partial charge in [0.15, 0.2) is 11.6 Å². The lowest BCUT2D eigenvalue weighted by molar-refractivity contribution is 0.0833. The average Bonchev–Trinajstić information content (AvgIpc) is 2.84. The molecule has 0 amide bonds. The van der Waals surface area contributed by atoms with Crippen LogP contribution in [0.25, 0.3) is 0 Å². The van der Waals surface area contributed by atoms with E-state index >= 15 is 0 Å². The first-order valence-electron chi connectivity index (χ1n) is 9.99. The van der Waals surface area contributed by atoms with Gasteiger partial charge in [-0.2, -0.15) is 0 Å². The largest absolute Gasteiger partial charge is 0.497 e. The van der Waals surface area contributed by atoms with Crippen LogP contribution >= 0.6 is 0 Å². The zero-order chi connectivity index (χ0) is 22.4. The number of hydrogen-bond acceptors (Lipinski definition) is 5. The molecule has 0 N–H and O–H groups in total. The Kier molecular flexibility index (Phi) is 7.08. The van der Waals surface area contributed by atoms with Gasteiger partial charge >= 0.3 is 0 Å². The molecule has 0 radical (unpaired) electrons. The average molecular weight is 418 g/mol. The summed E-state index contributed by atoms with van der Waals surface area (Å²) in [5.74, 6) is 0.580. The lowest BCUT2D eigenvalue weighted by atomic mass is 9.78. The molecular weight excluding hydrogens is 392 g/mol. The molecule has 2 atom stereocenters. The minimum atomic E-state index is -0.645. The number of carbonyl (C=O) groups excluding carboxylic acids is 2. The fraction of sp³-hybridized carbons (Fsp3) is 0.231. The van der Waals surface area contributed by atoms with Crippen LogP contribution in [0, 0.1) is 5.92 Å². The van der Waals surface area contributed by atoms with Crippen LogP contribution in [0.2, 0.25) is 0 Å². The summed E-state index contributed by atoms with van der Waals surface area (Å²) < 4.78 is 15.6. The van der Waals surface area contributed by atoms with Crippen molar-refractivity contribution < 1.29 is 23.8 Å². The maximum absolute atomic E-state index is 13.5. The van der Waals surface area contributed by atoms with Crippen LogP contribution in [0.1, 0.15) is 39.1 Å². The third-order valence-corrected chi connectivity index (χ3v) is 5.42. The summed E-state index contributed by atoms with van der Waals surface area (Å²) in [5, 5.41) is 0. The number of ketones is 2. The van der Waals surface area contributed by atoms with Crippen LogP contribution < -0.4 is 14.2 Å². The third kappa shape index (κ3) is 4.94. The molecule has 31 heavy (non-hydrogen) atoms. The maximum Gasteiger partial charge on any atom is 0.171 e. The molecule has 0 aliphatic carbocycles. The topological polar surface area (TPSA) is 61.8 Å². The molecule has 0 saturated heterocycles. The highest BCUT2D eigenvalue weighted by Gasteiger charge is 2.33. The highest BCUT2D eigenvalue weighted by Crippen LogP contribution is 2.33. The molecule has 0 bridgehead atoms. The molecule has 2 unspecified atom stereocenters. The van der Waals surface area contributed by atoms with Crippen LogP contribution in [0.4, 0.5) is 0 Å². The molecule has 0 aliphatic rings. The number of carbonyl (C=O) groups is 2. The molecule has 0 heterocycles. The highest BCUT2D eigenvalue weighted by molar-refractivity contribution is 6.07. The second-order valence-corrected chi connectivity index (χ2v) is 7.23. The van der Waals surface area contributed by atoms with Crippen LogP contribution in [0.15, 0.2) is 72.8 Å². The molecule has 0 fully saturated rings. The molecule has 5 nitrogen and oxygen atoms in total. The van der Waals surface area contributed by atoms with E-state index in [1.807, 2.05) is 12.1 Å². The van der Waals surface area contributed by atoms with E-state index in [1.54, 1.807) is 88.9 Å². The molecular formula is C26H26O5. The Morgan fingerprint density at radius 2 is 0.935 bits per heavy atom. The van der Waals surface area contributed by atoms with Crippen LogP contribution in [-0.4, -0.2) is 32.9 Å². The SMILES string of the molecule is COc1ccc(C(=O)C(C)C(C(=O)c2ccc(OC)cc2)c2ccc(OC)cc2)cc1. The Labute approximate surface area is 182 Å². The standard InChI is InChI=1S/C26H26O5/c1-17(25(27)19-7-13-22(30-3)14-8-19)24(18-5-11-21(29-2)12-6-18)26(28)20-9-15-23(31-4)16-10-20/h5-17,24H,1-4H3. The summed E-state index contributed by atoms with van der Waals surface area (Å²) in [6, 6.07) is 21.1. The van der Waals surface area contributed by atoms with Gasteiger partial charge in [0.05, 0.1) is 27.2 Å². The zero-order valence-corrected chi connectivity index (χ0v) is 18.1. The molecule has 5 heteroatoms. The van der Waals surface area contributed by atoms with Crippen molar-refractivity contribution >= 4 is 11.6 Å². The molecule has 160 valence electrons. The van der Waals surface area contributed by atoms with Gasteiger partial charge in [0.1, 0.15) is 17.2 Å². The van der Waals surface area contributed by atoms with E-state index < -0.39 is 11.8 Å². The predicted octanol–water partition coefficient (Wildman–Crippen LogP) is 5.20. The number of Topliss-reactive ketones (excluding diaryl/α,β-unsaturated/α-hetero) is 2. The van der Waals surface area contributed by atoms with Gasteiger partial charge in [-0.25, -0.2) is 0 Å². The molecule has 0 aliphatic heterocycles. The lowest BCUT2D eigenvalue weighted by Gasteiger charge is -2.23. The smallest absolute Gasteiger partial charge is 0.171 e. The van der Waals surface area contributed by atoms with Gasteiger partial charge in [-0.3, -0.25) is 9.59 Å². The Balaban J connectivity index is 1.98. The van der Waals surface area contributed by atoms with E-state index in [-0.39, 0.29) is 11.6 Å². The number of hydrogen-bond donors (Lipinski definition) is 0. The van der Waals surface area contributed by atoms with E-state index in [9.17, 15) is 9.59 Å². The van der Waals surface area contributed by atoms with Gasteiger partial charge in [-0.1, -0.05) is 19.1 Å². The summed E-state index contributed by atoms with van der Waals surface area (Å²) in [4.78, 5) is 26.8. The van der Waals surface area contributed by atoms with Gasteiger partial charge in [-0.05, 0) is 66.2 Å². The second-order valence-electron chi connectivity index (χ2n) is 7.23. The maximum atomic E-state index is 13.5. The summed E-state index contributed by atoms with van der Waals surface area (Å²) in [6.45, 7) is 1.79. The summed E-state index contributed by atoms with van der Waals surface area (Å²) >= 11 is 0. The molecule has 3 rings (SSSR count). The minimum Gasteiger partial charge on any atom is -0.497 e. The summed E-state index contributed by atoms with van der Waals surface area (Å²) in [6.07, 6.45) is 0. The normalized spacial score (nSPS) is 12.5. The van der Waals surface area contributed by atoms with Gasteiger partial charge in [0.25, 0.3) is 0 Å². The summed E-state index contributed by atoms with van der Waals surface area (Å²) in [7, 11) is 4.74. The van der Waals surface area contributed by atoms with Crippen molar-refractivity contribution in [2.45, 2.75) is 12.8 Å². The Hall–Kier alpha value is -3.60. The van der Waals surface area contributed by atoms with E-state index in [4.69, 9.17) is 14.2 Å². The van der Waals surface area contributed by atoms with Crippen molar-refractivity contribution in [1.82, 2.24) is 0 Å². The molecule has 3 aromatic rings. The minimum absolute atomic E-state index is 0.106. The van der Waals surface area contributed by atoms with E-state index in [1.165, 1.54) is 0 Å². The predicted molar refractivity (Wildman–Crippen MR) is 120 cm³/mol. The first-order valence-corrected chi connectivity index (χ1v) is 9.99. The van der Waals surface area contributed by atoms with Crippen molar-refractivity contribution in [3.05, 3.63) is 89.5 Å². The Morgan fingerprint density at radius 3 is 1.32 bits per heavy atom. The fourth-order valence-electron chi connectivity index (χ4n) is 3.58. The molecule has 0 spiro atoms. The van der Waals surface area contributed by atoms with Gasteiger partial charge in [0, 0.05) is 17.0 Å². The van der Waals surface area contributed by atoms with E-state index in [0.717, 1.165) is 5.56 Å². The lowest BCUT2D eigenvalue weighted by Crippen LogP contribution is -2.26. The van der Waals surface area contributed by atoms with Gasteiger partial charge in [0.2, 0.25) is 0 Å². The second kappa shape index (κ2) is 9.94. The van der Waals surface area contributed by atoms with Crippen LogP contribution in [0.5, 0.6) is 17.2 Å². The van der Waals surface area contributed by atoms with Crippen LogP contribution in [0.3, 0.4) is 0 Å². The van der Waals surface area contributed by atoms with Gasteiger partial charge < -0.3 is 14.2 Å².